The minimum atomic E-state index is 0.837. The first kappa shape index (κ1) is 8.81. The van der Waals surface area contributed by atoms with Crippen LogP contribution in [0.3, 0.4) is 0 Å². The molecule has 0 bridgehead atoms. The molecule has 0 aromatic heterocycles. The largest absolute Gasteiger partial charge is 0.289 e. The number of amidine groups is 1. The number of nitrogens with one attached hydrogen (secondary N) is 3. The molecule has 1 saturated carbocycles. The molecule has 1 heterocycles. The van der Waals surface area contributed by atoms with Crippen LogP contribution in [0, 0.1) is 11.8 Å². The molecule has 0 amide bonds. The number of hydrazone groups is 1. The summed E-state index contributed by atoms with van der Waals surface area (Å²) in [5.41, 5.74) is 8.47. The Kier molecular flexibility index (Phi) is 2.68. The lowest BCUT2D eigenvalue weighted by Crippen LogP contribution is -2.35. The average molecular weight is 182 g/mol. The minimum absolute atomic E-state index is 0.837. The Morgan fingerprint density at radius 1 is 1.31 bits per heavy atom. The predicted octanol–water partition coefficient (Wildman–Crippen LogP) is 1.13. The molecule has 13 heavy (non-hydrogen) atoms. The van der Waals surface area contributed by atoms with E-state index in [2.05, 4.69) is 28.5 Å². The van der Waals surface area contributed by atoms with Gasteiger partial charge in [0.1, 0.15) is 5.84 Å². The Hall–Kier alpha value is -0.770. The van der Waals surface area contributed by atoms with Crippen molar-refractivity contribution in [3.05, 3.63) is 0 Å². The third-order valence-electron chi connectivity index (χ3n) is 3.07. The Balaban J connectivity index is 1.75. The Bertz CT molecular complexity index is 194. The van der Waals surface area contributed by atoms with E-state index in [1.165, 1.54) is 25.7 Å². The van der Waals surface area contributed by atoms with Crippen LogP contribution >= 0.6 is 0 Å². The lowest BCUT2D eigenvalue weighted by molar-refractivity contribution is 0.295. The monoisotopic (exact) mass is 182 g/mol. The molecule has 74 valence electrons. The average Bonchev–Trinajstić information content (AvgIpc) is 2.62. The van der Waals surface area contributed by atoms with Crippen LogP contribution in [0.1, 0.15) is 39.0 Å². The summed E-state index contributed by atoms with van der Waals surface area (Å²) in [4.78, 5) is 0. The molecule has 2 aliphatic rings. The first-order valence-corrected chi connectivity index (χ1v) is 5.17. The maximum atomic E-state index is 4.09. The van der Waals surface area contributed by atoms with E-state index >= 15 is 0 Å². The third-order valence-corrected chi connectivity index (χ3v) is 3.07. The molecule has 0 radical (unpaired) electrons. The van der Waals surface area contributed by atoms with Gasteiger partial charge in [0.25, 0.3) is 0 Å². The first-order chi connectivity index (χ1) is 6.34. The van der Waals surface area contributed by atoms with Crippen LogP contribution in [-0.2, 0) is 0 Å². The van der Waals surface area contributed by atoms with E-state index in [-0.39, 0.29) is 0 Å². The maximum Gasteiger partial charge on any atom is 0.139 e. The van der Waals surface area contributed by atoms with Crippen LogP contribution in [0.2, 0.25) is 0 Å². The molecular weight excluding hydrogens is 164 g/mol. The lowest BCUT2D eigenvalue weighted by atomic mass is 9.81. The summed E-state index contributed by atoms with van der Waals surface area (Å²) in [6, 6.07) is 0. The quantitative estimate of drug-likeness (QED) is 0.600. The van der Waals surface area contributed by atoms with Crippen molar-refractivity contribution in [2.75, 3.05) is 0 Å². The van der Waals surface area contributed by atoms with Crippen molar-refractivity contribution in [2.24, 2.45) is 16.9 Å². The van der Waals surface area contributed by atoms with Gasteiger partial charge in [-0.25, -0.2) is 5.53 Å². The second-order valence-electron chi connectivity index (χ2n) is 4.25. The second-order valence-corrected chi connectivity index (χ2v) is 4.25. The van der Waals surface area contributed by atoms with Crippen molar-refractivity contribution < 1.29 is 0 Å². The van der Waals surface area contributed by atoms with Gasteiger partial charge >= 0.3 is 0 Å². The lowest BCUT2D eigenvalue weighted by Gasteiger charge is -2.25. The zero-order chi connectivity index (χ0) is 9.10. The van der Waals surface area contributed by atoms with E-state index in [1.807, 2.05) is 0 Å². The summed E-state index contributed by atoms with van der Waals surface area (Å²) in [5, 5.41) is 4.09. The van der Waals surface area contributed by atoms with E-state index in [4.69, 9.17) is 0 Å². The second kappa shape index (κ2) is 3.96. The van der Waals surface area contributed by atoms with Crippen molar-refractivity contribution in [1.82, 2.24) is 16.5 Å². The fraction of sp³-hybridized carbons (Fsp3) is 0.889. The molecule has 0 aromatic carbocycles. The normalized spacial score (nSPS) is 33.5. The molecule has 0 saturated heterocycles. The van der Waals surface area contributed by atoms with Gasteiger partial charge in [0.2, 0.25) is 0 Å². The summed E-state index contributed by atoms with van der Waals surface area (Å²) in [6.45, 7) is 2.35. The summed E-state index contributed by atoms with van der Waals surface area (Å²) >= 11 is 0. The molecule has 0 unspecified atom stereocenters. The maximum absolute atomic E-state index is 4.09. The van der Waals surface area contributed by atoms with E-state index in [0.717, 1.165) is 24.1 Å². The molecule has 1 aliphatic carbocycles. The standard InChI is InChI=1S/C9H18N4/c1-7-2-4-8(5-3-7)6-9-10-12-13-11-9/h7-8,12-13H,2-6H2,1H3,(H,10,11). The zero-order valence-corrected chi connectivity index (χ0v) is 8.14. The topological polar surface area (TPSA) is 48.5 Å². The summed E-state index contributed by atoms with van der Waals surface area (Å²) in [6.07, 6.45) is 6.59. The molecule has 1 fully saturated rings. The van der Waals surface area contributed by atoms with Gasteiger partial charge in [-0.1, -0.05) is 19.8 Å². The molecule has 3 N–H and O–H groups in total. The van der Waals surface area contributed by atoms with Crippen molar-refractivity contribution in [3.63, 3.8) is 0 Å². The number of hydrogen-bond donors (Lipinski definition) is 3. The van der Waals surface area contributed by atoms with Crippen molar-refractivity contribution in [1.29, 1.82) is 0 Å². The number of hydrazine groups is 2. The smallest absolute Gasteiger partial charge is 0.139 e. The van der Waals surface area contributed by atoms with E-state index in [0.29, 0.717) is 0 Å². The summed E-state index contributed by atoms with van der Waals surface area (Å²) in [5.74, 6) is 2.83. The highest BCUT2D eigenvalue weighted by Crippen LogP contribution is 2.30. The Labute approximate surface area is 79.1 Å². The highest BCUT2D eigenvalue weighted by atomic mass is 15.8. The van der Waals surface area contributed by atoms with Gasteiger partial charge in [0, 0.05) is 6.42 Å². The van der Waals surface area contributed by atoms with Gasteiger partial charge in [-0.3, -0.25) is 5.43 Å². The van der Waals surface area contributed by atoms with Gasteiger partial charge in [0.05, 0.1) is 0 Å². The molecule has 0 spiro atoms. The number of hydrogen-bond acceptors (Lipinski definition) is 4. The first-order valence-electron chi connectivity index (χ1n) is 5.17. The van der Waals surface area contributed by atoms with Gasteiger partial charge < -0.3 is 0 Å². The van der Waals surface area contributed by atoms with Crippen LogP contribution in [0.25, 0.3) is 0 Å². The van der Waals surface area contributed by atoms with Crippen LogP contribution in [0.15, 0.2) is 5.10 Å². The highest BCUT2D eigenvalue weighted by Gasteiger charge is 2.20. The zero-order valence-electron chi connectivity index (χ0n) is 8.14. The number of rotatable bonds is 2. The summed E-state index contributed by atoms with van der Waals surface area (Å²) in [7, 11) is 0. The fourth-order valence-electron chi connectivity index (χ4n) is 2.13. The highest BCUT2D eigenvalue weighted by molar-refractivity contribution is 5.82. The molecule has 1 aliphatic heterocycles. The molecule has 4 heteroatoms. The van der Waals surface area contributed by atoms with Gasteiger partial charge in [-0.05, 0) is 24.7 Å². The predicted molar refractivity (Wildman–Crippen MR) is 52.6 cm³/mol. The number of nitrogens with zero attached hydrogens (tertiary/aromatic N) is 1. The third kappa shape index (κ3) is 2.34. The van der Waals surface area contributed by atoms with Crippen LogP contribution in [-0.4, -0.2) is 5.84 Å². The van der Waals surface area contributed by atoms with E-state index in [1.54, 1.807) is 0 Å². The molecule has 2 rings (SSSR count). The fourth-order valence-corrected chi connectivity index (χ4v) is 2.13. The molecule has 0 aromatic rings. The minimum Gasteiger partial charge on any atom is -0.289 e. The van der Waals surface area contributed by atoms with Crippen LogP contribution in [0.5, 0.6) is 0 Å². The summed E-state index contributed by atoms with van der Waals surface area (Å²) < 4.78 is 0. The molecule has 0 atom stereocenters. The van der Waals surface area contributed by atoms with Crippen molar-refractivity contribution >= 4 is 5.84 Å². The van der Waals surface area contributed by atoms with Gasteiger partial charge in [-0.15, -0.1) is 10.6 Å². The van der Waals surface area contributed by atoms with Crippen molar-refractivity contribution in [2.45, 2.75) is 39.0 Å². The van der Waals surface area contributed by atoms with E-state index in [9.17, 15) is 0 Å². The molecule has 4 nitrogen and oxygen atoms in total. The Morgan fingerprint density at radius 2 is 2.08 bits per heavy atom. The van der Waals surface area contributed by atoms with E-state index < -0.39 is 0 Å². The van der Waals surface area contributed by atoms with Crippen molar-refractivity contribution in [3.8, 4) is 0 Å². The Morgan fingerprint density at radius 3 is 2.69 bits per heavy atom. The molecular formula is C9H18N4. The SMILES string of the molecule is CC1CCC(CC2=NNNN2)CC1. The van der Waals surface area contributed by atoms with Crippen LogP contribution < -0.4 is 16.5 Å². The van der Waals surface area contributed by atoms with Gasteiger partial charge in [-0.2, -0.15) is 0 Å². The van der Waals surface area contributed by atoms with Crippen LogP contribution in [0.4, 0.5) is 0 Å². The van der Waals surface area contributed by atoms with Gasteiger partial charge in [0.15, 0.2) is 0 Å².